The molecule has 1 aromatic heterocycles. The van der Waals surface area contributed by atoms with Crippen LogP contribution in [0.25, 0.3) is 10.9 Å². The van der Waals surface area contributed by atoms with Gasteiger partial charge in [-0.1, -0.05) is 19.9 Å². The summed E-state index contributed by atoms with van der Waals surface area (Å²) < 4.78 is 11.5. The second-order valence-corrected chi connectivity index (χ2v) is 5.77. The third-order valence-corrected chi connectivity index (χ3v) is 3.31. The first-order valence-electron chi connectivity index (χ1n) is 6.40. The fourth-order valence-electron chi connectivity index (χ4n) is 2.22. The molecule has 2 aromatic rings. The third kappa shape index (κ3) is 2.44. The van der Waals surface area contributed by atoms with E-state index < -0.39 is 0 Å². The summed E-state index contributed by atoms with van der Waals surface area (Å²) in [5.41, 5.74) is 1.77. The van der Waals surface area contributed by atoms with E-state index in [1.807, 2.05) is 18.2 Å². The van der Waals surface area contributed by atoms with Gasteiger partial charge >= 0.3 is 7.12 Å². The van der Waals surface area contributed by atoms with Crippen LogP contribution in [-0.2, 0) is 9.31 Å². The molecule has 0 radical (unpaired) electrons. The van der Waals surface area contributed by atoms with E-state index in [9.17, 15) is 4.79 Å². The van der Waals surface area contributed by atoms with Crippen molar-refractivity contribution in [2.75, 3.05) is 13.2 Å². The summed E-state index contributed by atoms with van der Waals surface area (Å²) in [5, 5.41) is 0.664. The number of rotatable bonds is 1. The fraction of sp³-hybridized carbons (Fsp3) is 0.357. The zero-order chi connectivity index (χ0) is 13.5. The Hall–Kier alpha value is -1.59. The number of hydrogen-bond donors (Lipinski definition) is 1. The van der Waals surface area contributed by atoms with E-state index in [1.165, 1.54) is 6.07 Å². The fourth-order valence-corrected chi connectivity index (χ4v) is 2.22. The summed E-state index contributed by atoms with van der Waals surface area (Å²) >= 11 is 0. The van der Waals surface area contributed by atoms with Gasteiger partial charge in [-0.2, -0.15) is 0 Å². The number of nitrogens with one attached hydrogen (secondary N) is 1. The number of pyridine rings is 1. The van der Waals surface area contributed by atoms with Gasteiger partial charge in [-0.15, -0.1) is 0 Å². The van der Waals surface area contributed by atoms with Gasteiger partial charge in [0.25, 0.3) is 0 Å². The largest absolute Gasteiger partial charge is 0.493 e. The molecule has 0 unspecified atom stereocenters. The first-order chi connectivity index (χ1) is 9.05. The molecule has 19 heavy (non-hydrogen) atoms. The second-order valence-electron chi connectivity index (χ2n) is 5.77. The van der Waals surface area contributed by atoms with Crippen molar-refractivity contribution < 1.29 is 9.31 Å². The molecule has 0 bridgehead atoms. The highest BCUT2D eigenvalue weighted by molar-refractivity contribution is 6.61. The smallest absolute Gasteiger partial charge is 0.407 e. The molecule has 1 aliphatic heterocycles. The molecule has 1 fully saturated rings. The van der Waals surface area contributed by atoms with Gasteiger partial charge in [0, 0.05) is 41.8 Å². The number of hydrogen-bond acceptors (Lipinski definition) is 3. The number of fused-ring (bicyclic) bond motifs is 1. The van der Waals surface area contributed by atoms with Crippen LogP contribution in [0.1, 0.15) is 13.8 Å². The van der Waals surface area contributed by atoms with Crippen molar-refractivity contribution in [3.8, 4) is 0 Å². The monoisotopic (exact) mass is 257 g/mol. The maximum Gasteiger partial charge on any atom is 0.493 e. The van der Waals surface area contributed by atoms with Gasteiger partial charge in [0.2, 0.25) is 0 Å². The Kier molecular flexibility index (Phi) is 2.95. The first kappa shape index (κ1) is 12.4. The van der Waals surface area contributed by atoms with E-state index in [2.05, 4.69) is 18.8 Å². The van der Waals surface area contributed by atoms with Crippen LogP contribution >= 0.6 is 0 Å². The summed E-state index contributed by atoms with van der Waals surface area (Å²) in [7, 11) is -0.378. The Bertz CT molecular complexity index is 655. The van der Waals surface area contributed by atoms with E-state index in [1.54, 1.807) is 6.20 Å². The average molecular weight is 257 g/mol. The molecule has 0 spiro atoms. The Labute approximate surface area is 111 Å². The SMILES string of the molecule is CC1(C)COB(c2ccc3[nH]ccc(=O)c3c2)OC1. The summed E-state index contributed by atoms with van der Waals surface area (Å²) in [6, 6.07) is 7.19. The average Bonchev–Trinajstić information content (AvgIpc) is 2.39. The molecule has 0 aliphatic carbocycles. The van der Waals surface area contributed by atoms with Crippen LogP contribution in [0.15, 0.2) is 35.3 Å². The maximum atomic E-state index is 11.8. The van der Waals surface area contributed by atoms with E-state index in [0.29, 0.717) is 18.6 Å². The normalized spacial score (nSPS) is 18.7. The predicted octanol–water partition coefficient (Wildman–Crippen LogP) is 1.30. The van der Waals surface area contributed by atoms with E-state index in [-0.39, 0.29) is 18.0 Å². The minimum Gasteiger partial charge on any atom is -0.407 e. The van der Waals surface area contributed by atoms with Crippen molar-refractivity contribution in [2.45, 2.75) is 13.8 Å². The van der Waals surface area contributed by atoms with Crippen LogP contribution in [0.3, 0.4) is 0 Å². The Morgan fingerprint density at radius 3 is 2.68 bits per heavy atom. The van der Waals surface area contributed by atoms with Crippen LogP contribution in [0.5, 0.6) is 0 Å². The minimum absolute atomic E-state index is 0.00624. The van der Waals surface area contributed by atoms with Crippen LogP contribution in [-0.4, -0.2) is 25.3 Å². The van der Waals surface area contributed by atoms with Crippen molar-refractivity contribution >= 4 is 23.5 Å². The van der Waals surface area contributed by atoms with Crippen LogP contribution in [0.4, 0.5) is 0 Å². The van der Waals surface area contributed by atoms with E-state index in [4.69, 9.17) is 9.31 Å². The number of benzene rings is 1. The minimum atomic E-state index is -0.378. The van der Waals surface area contributed by atoms with Crippen LogP contribution < -0.4 is 10.9 Å². The van der Waals surface area contributed by atoms with Gasteiger partial charge in [0.15, 0.2) is 5.43 Å². The second kappa shape index (κ2) is 4.51. The highest BCUT2D eigenvalue weighted by Gasteiger charge is 2.33. The van der Waals surface area contributed by atoms with Crippen molar-refractivity contribution in [1.29, 1.82) is 0 Å². The van der Waals surface area contributed by atoms with Crippen molar-refractivity contribution in [3.63, 3.8) is 0 Å². The molecule has 4 nitrogen and oxygen atoms in total. The summed E-state index contributed by atoms with van der Waals surface area (Å²) in [5.74, 6) is 0. The molecular weight excluding hydrogens is 241 g/mol. The van der Waals surface area contributed by atoms with Gasteiger partial charge < -0.3 is 14.3 Å². The molecule has 0 saturated carbocycles. The molecule has 1 aromatic carbocycles. The van der Waals surface area contributed by atoms with Gasteiger partial charge in [-0.05, 0) is 17.6 Å². The Morgan fingerprint density at radius 2 is 1.95 bits per heavy atom. The number of aromatic amines is 1. The third-order valence-electron chi connectivity index (χ3n) is 3.31. The van der Waals surface area contributed by atoms with Crippen molar-refractivity contribution in [1.82, 2.24) is 4.98 Å². The molecule has 3 rings (SSSR count). The standard InChI is InChI=1S/C14H16BNO3/c1-14(2)8-18-15(19-9-14)10-3-4-12-11(7-10)13(17)5-6-16-12/h3-7H,8-9H2,1-2H3,(H,16,17). The molecule has 1 N–H and O–H groups in total. The van der Waals surface area contributed by atoms with Crippen molar-refractivity contribution in [2.24, 2.45) is 5.41 Å². The van der Waals surface area contributed by atoms with E-state index in [0.717, 1.165) is 11.0 Å². The lowest BCUT2D eigenvalue weighted by Gasteiger charge is -2.33. The Balaban J connectivity index is 1.94. The quantitative estimate of drug-likeness (QED) is 0.783. The number of H-pyrrole nitrogens is 1. The molecule has 0 amide bonds. The molecule has 5 heteroatoms. The molecule has 1 aliphatic rings. The predicted molar refractivity (Wildman–Crippen MR) is 75.6 cm³/mol. The molecular formula is C14H16BNO3. The Morgan fingerprint density at radius 1 is 1.21 bits per heavy atom. The topological polar surface area (TPSA) is 51.3 Å². The van der Waals surface area contributed by atoms with Crippen molar-refractivity contribution in [3.05, 3.63) is 40.7 Å². The first-order valence-corrected chi connectivity index (χ1v) is 6.40. The zero-order valence-electron chi connectivity index (χ0n) is 11.1. The number of aromatic nitrogens is 1. The summed E-state index contributed by atoms with van der Waals surface area (Å²) in [6.07, 6.45) is 1.65. The molecule has 0 atom stereocenters. The van der Waals surface area contributed by atoms with E-state index >= 15 is 0 Å². The molecule has 2 heterocycles. The lowest BCUT2D eigenvalue weighted by atomic mass is 9.75. The van der Waals surface area contributed by atoms with Crippen LogP contribution in [0.2, 0.25) is 0 Å². The van der Waals surface area contributed by atoms with Crippen LogP contribution in [0, 0.1) is 5.41 Å². The highest BCUT2D eigenvalue weighted by Crippen LogP contribution is 2.21. The summed E-state index contributed by atoms with van der Waals surface area (Å²) in [6.45, 7) is 5.52. The lowest BCUT2D eigenvalue weighted by Crippen LogP contribution is -2.47. The van der Waals surface area contributed by atoms with Gasteiger partial charge in [-0.25, -0.2) is 0 Å². The van der Waals surface area contributed by atoms with Gasteiger partial charge in [0.05, 0.1) is 0 Å². The lowest BCUT2D eigenvalue weighted by molar-refractivity contribution is 0.0343. The molecule has 98 valence electrons. The van der Waals surface area contributed by atoms with Gasteiger partial charge in [0.1, 0.15) is 0 Å². The molecule has 1 saturated heterocycles. The highest BCUT2D eigenvalue weighted by atomic mass is 16.6. The maximum absolute atomic E-state index is 11.8. The van der Waals surface area contributed by atoms with Gasteiger partial charge in [-0.3, -0.25) is 4.79 Å². The summed E-state index contributed by atoms with van der Waals surface area (Å²) in [4.78, 5) is 14.9. The zero-order valence-corrected chi connectivity index (χ0v) is 11.1.